The second kappa shape index (κ2) is 7.34. The smallest absolute Gasteiger partial charge is 0.229 e. The molecule has 0 spiro atoms. The normalized spacial score (nSPS) is 10.8. The molecule has 0 atom stereocenters. The molecule has 2 N–H and O–H groups in total. The average Bonchev–Trinajstić information content (AvgIpc) is 2.57. The van der Waals surface area contributed by atoms with Crippen LogP contribution in [0.5, 0.6) is 0 Å². The third kappa shape index (κ3) is 4.57. The van der Waals surface area contributed by atoms with Crippen molar-refractivity contribution in [2.75, 3.05) is 10.6 Å². The molecule has 0 unspecified atom stereocenters. The maximum absolute atomic E-state index is 4.57. The van der Waals surface area contributed by atoms with Crippen molar-refractivity contribution in [3.63, 3.8) is 0 Å². The lowest BCUT2D eigenvalue weighted by atomic mass is 10.0. The molecule has 0 saturated heterocycles. The van der Waals surface area contributed by atoms with E-state index in [1.165, 1.54) is 11.1 Å². The lowest BCUT2D eigenvalue weighted by Crippen LogP contribution is -2.02. The van der Waals surface area contributed by atoms with Crippen molar-refractivity contribution >= 4 is 23.1 Å². The summed E-state index contributed by atoms with van der Waals surface area (Å²) in [5, 5.41) is 6.62. The first-order valence-corrected chi connectivity index (χ1v) is 8.56. The molecule has 0 aliphatic carbocycles. The number of benzene rings is 2. The second-order valence-electron chi connectivity index (χ2n) is 6.61. The molecule has 0 radical (unpaired) electrons. The van der Waals surface area contributed by atoms with Crippen molar-refractivity contribution in [2.45, 2.75) is 33.6 Å². The number of aryl methyl sites for hydroxylation is 2. The van der Waals surface area contributed by atoms with Gasteiger partial charge in [0, 0.05) is 23.1 Å². The summed E-state index contributed by atoms with van der Waals surface area (Å²) >= 11 is 0. The van der Waals surface area contributed by atoms with Crippen molar-refractivity contribution in [3.05, 3.63) is 71.4 Å². The zero-order chi connectivity index (χ0) is 17.8. The van der Waals surface area contributed by atoms with Gasteiger partial charge in [-0.3, -0.25) is 0 Å². The van der Waals surface area contributed by atoms with E-state index >= 15 is 0 Å². The first-order chi connectivity index (χ1) is 12.0. The zero-order valence-corrected chi connectivity index (χ0v) is 15.2. The van der Waals surface area contributed by atoms with Gasteiger partial charge in [0.2, 0.25) is 5.95 Å². The van der Waals surface area contributed by atoms with Crippen LogP contribution in [0.4, 0.5) is 23.1 Å². The molecule has 4 nitrogen and oxygen atoms in total. The minimum absolute atomic E-state index is 0.528. The van der Waals surface area contributed by atoms with E-state index in [0.29, 0.717) is 11.9 Å². The molecule has 2 aromatic carbocycles. The van der Waals surface area contributed by atoms with Gasteiger partial charge >= 0.3 is 0 Å². The van der Waals surface area contributed by atoms with Crippen molar-refractivity contribution in [1.82, 2.24) is 9.97 Å². The molecule has 25 heavy (non-hydrogen) atoms. The maximum atomic E-state index is 4.57. The first kappa shape index (κ1) is 17.0. The van der Waals surface area contributed by atoms with Crippen LogP contribution < -0.4 is 10.6 Å². The highest BCUT2D eigenvalue weighted by molar-refractivity contribution is 5.60. The van der Waals surface area contributed by atoms with Gasteiger partial charge < -0.3 is 10.6 Å². The van der Waals surface area contributed by atoms with E-state index in [-0.39, 0.29) is 0 Å². The quantitative estimate of drug-likeness (QED) is 0.629. The molecule has 0 aliphatic rings. The first-order valence-electron chi connectivity index (χ1n) is 8.56. The fourth-order valence-corrected chi connectivity index (χ4v) is 2.55. The summed E-state index contributed by atoms with van der Waals surface area (Å²) in [6.45, 7) is 8.42. The van der Waals surface area contributed by atoms with Crippen molar-refractivity contribution in [2.24, 2.45) is 0 Å². The number of rotatable bonds is 5. The van der Waals surface area contributed by atoms with Gasteiger partial charge in [-0.05, 0) is 49.6 Å². The lowest BCUT2D eigenvalue weighted by molar-refractivity contribution is 0.867. The molecular weight excluding hydrogens is 308 g/mol. The number of hydrogen-bond acceptors (Lipinski definition) is 4. The van der Waals surface area contributed by atoms with Crippen LogP contribution in [0.15, 0.2) is 54.6 Å². The number of nitrogens with zero attached hydrogens (tertiary/aromatic N) is 2. The van der Waals surface area contributed by atoms with E-state index in [1.807, 2.05) is 25.1 Å². The highest BCUT2D eigenvalue weighted by Gasteiger charge is 2.05. The summed E-state index contributed by atoms with van der Waals surface area (Å²) in [6, 6.07) is 18.6. The molecule has 0 aliphatic heterocycles. The highest BCUT2D eigenvalue weighted by Crippen LogP contribution is 2.21. The van der Waals surface area contributed by atoms with E-state index in [4.69, 9.17) is 0 Å². The fourth-order valence-electron chi connectivity index (χ4n) is 2.55. The topological polar surface area (TPSA) is 49.8 Å². The largest absolute Gasteiger partial charge is 0.340 e. The third-order valence-corrected chi connectivity index (χ3v) is 4.01. The lowest BCUT2D eigenvalue weighted by Gasteiger charge is -2.11. The predicted molar refractivity (Wildman–Crippen MR) is 105 cm³/mol. The predicted octanol–water partition coefficient (Wildman–Crippen LogP) is 5.70. The van der Waals surface area contributed by atoms with Crippen LogP contribution in [0.25, 0.3) is 0 Å². The Balaban J connectivity index is 1.77. The molecule has 3 aromatic rings. The van der Waals surface area contributed by atoms with Gasteiger partial charge in [0.1, 0.15) is 5.82 Å². The van der Waals surface area contributed by atoms with Gasteiger partial charge in [-0.25, -0.2) is 4.98 Å². The van der Waals surface area contributed by atoms with Crippen LogP contribution in [0.3, 0.4) is 0 Å². The molecule has 0 fully saturated rings. The van der Waals surface area contributed by atoms with Crippen LogP contribution in [-0.2, 0) is 0 Å². The van der Waals surface area contributed by atoms with Gasteiger partial charge in [0.05, 0.1) is 0 Å². The van der Waals surface area contributed by atoms with Crippen molar-refractivity contribution < 1.29 is 0 Å². The van der Waals surface area contributed by atoms with E-state index in [1.54, 1.807) is 0 Å². The van der Waals surface area contributed by atoms with Crippen LogP contribution in [-0.4, -0.2) is 9.97 Å². The summed E-state index contributed by atoms with van der Waals surface area (Å²) < 4.78 is 0. The van der Waals surface area contributed by atoms with Gasteiger partial charge in [-0.2, -0.15) is 4.98 Å². The summed E-state index contributed by atoms with van der Waals surface area (Å²) in [7, 11) is 0. The van der Waals surface area contributed by atoms with E-state index in [0.717, 1.165) is 22.9 Å². The Kier molecular flexibility index (Phi) is 4.98. The zero-order valence-electron chi connectivity index (χ0n) is 15.2. The minimum Gasteiger partial charge on any atom is -0.340 e. The van der Waals surface area contributed by atoms with Crippen molar-refractivity contribution in [3.8, 4) is 0 Å². The summed E-state index contributed by atoms with van der Waals surface area (Å²) in [4.78, 5) is 9.04. The molecule has 1 aromatic heterocycles. The van der Waals surface area contributed by atoms with E-state index in [9.17, 15) is 0 Å². The molecule has 3 rings (SSSR count). The van der Waals surface area contributed by atoms with E-state index < -0.39 is 0 Å². The molecule has 4 heteroatoms. The Morgan fingerprint density at radius 2 is 1.36 bits per heavy atom. The Bertz CT molecular complexity index is 837. The Morgan fingerprint density at radius 3 is 2.00 bits per heavy atom. The number of nitrogens with one attached hydrogen (secondary N) is 2. The Labute approximate surface area is 149 Å². The van der Waals surface area contributed by atoms with Gasteiger partial charge in [-0.1, -0.05) is 43.7 Å². The molecular formula is C21H24N4. The molecule has 0 amide bonds. The minimum atomic E-state index is 0.528. The van der Waals surface area contributed by atoms with E-state index in [2.05, 4.69) is 77.8 Å². The van der Waals surface area contributed by atoms with Gasteiger partial charge in [0.15, 0.2) is 0 Å². The van der Waals surface area contributed by atoms with Crippen LogP contribution in [0.1, 0.15) is 36.6 Å². The third-order valence-electron chi connectivity index (χ3n) is 4.01. The highest BCUT2D eigenvalue weighted by atomic mass is 15.1. The monoisotopic (exact) mass is 332 g/mol. The molecule has 128 valence electrons. The van der Waals surface area contributed by atoms with Gasteiger partial charge in [0.25, 0.3) is 0 Å². The standard InChI is InChI=1S/C21H24N4/c1-14(2)17-7-11-18(12-8-17)23-20-13-16(4)22-21(25-20)24-19-9-5-15(3)6-10-19/h5-14H,1-4H3,(H2,22,23,24,25). The van der Waals surface area contributed by atoms with Crippen LogP contribution in [0.2, 0.25) is 0 Å². The Morgan fingerprint density at radius 1 is 0.760 bits per heavy atom. The van der Waals surface area contributed by atoms with Crippen molar-refractivity contribution in [1.29, 1.82) is 0 Å². The average molecular weight is 332 g/mol. The second-order valence-corrected chi connectivity index (χ2v) is 6.61. The molecule has 0 saturated carbocycles. The van der Waals surface area contributed by atoms with Gasteiger partial charge in [-0.15, -0.1) is 0 Å². The number of aromatic nitrogens is 2. The Hall–Kier alpha value is -2.88. The fraction of sp³-hybridized carbons (Fsp3) is 0.238. The summed E-state index contributed by atoms with van der Waals surface area (Å²) in [6.07, 6.45) is 0. The molecule has 0 bridgehead atoms. The number of hydrogen-bond donors (Lipinski definition) is 2. The van der Waals surface area contributed by atoms with Crippen LogP contribution >= 0.6 is 0 Å². The molecule has 1 heterocycles. The summed E-state index contributed by atoms with van der Waals surface area (Å²) in [5.74, 6) is 1.89. The maximum Gasteiger partial charge on any atom is 0.229 e. The SMILES string of the molecule is Cc1ccc(Nc2nc(C)cc(Nc3ccc(C(C)C)cc3)n2)cc1. The van der Waals surface area contributed by atoms with Crippen LogP contribution in [0, 0.1) is 13.8 Å². The summed E-state index contributed by atoms with van der Waals surface area (Å²) in [5.41, 5.74) is 5.45. The number of anilines is 4.